The number of phenols is 1. The molecule has 0 aromatic heterocycles. The van der Waals surface area contributed by atoms with Crippen molar-refractivity contribution in [3.8, 4) is 11.8 Å². The fourth-order valence-electron chi connectivity index (χ4n) is 2.77. The highest BCUT2D eigenvalue weighted by Crippen LogP contribution is 2.39. The van der Waals surface area contributed by atoms with E-state index in [0.29, 0.717) is 5.56 Å². The summed E-state index contributed by atoms with van der Waals surface area (Å²) in [6.45, 7) is 6.02. The first-order valence-electron chi connectivity index (χ1n) is 7.05. The van der Waals surface area contributed by atoms with Crippen LogP contribution in [0.25, 0.3) is 0 Å². The Balaban J connectivity index is 2.40. The van der Waals surface area contributed by atoms with Crippen LogP contribution in [0.5, 0.6) is 5.75 Å². The summed E-state index contributed by atoms with van der Waals surface area (Å²) >= 11 is 3.54. The molecule has 1 aliphatic heterocycles. The molecule has 0 amide bonds. The molecule has 1 saturated heterocycles. The van der Waals surface area contributed by atoms with E-state index in [2.05, 4.69) is 39.1 Å². The number of aromatic hydroxyl groups is 1. The Morgan fingerprint density at radius 2 is 2.15 bits per heavy atom. The van der Waals surface area contributed by atoms with Crippen molar-refractivity contribution < 1.29 is 5.11 Å². The molecule has 0 spiro atoms. The lowest BCUT2D eigenvalue weighted by molar-refractivity contribution is 0.161. The van der Waals surface area contributed by atoms with Crippen LogP contribution in [0, 0.1) is 11.3 Å². The van der Waals surface area contributed by atoms with Gasteiger partial charge in [0.25, 0.3) is 0 Å². The fraction of sp³-hybridized carbons (Fsp3) is 0.533. The van der Waals surface area contributed by atoms with Crippen LogP contribution in [-0.4, -0.2) is 36.2 Å². The van der Waals surface area contributed by atoms with Crippen LogP contribution < -0.4 is 5.32 Å². The van der Waals surface area contributed by atoms with Crippen molar-refractivity contribution >= 4 is 15.9 Å². The second-order valence-electron chi connectivity index (χ2n) is 5.06. The van der Waals surface area contributed by atoms with Gasteiger partial charge >= 0.3 is 0 Å². The Morgan fingerprint density at radius 1 is 1.45 bits per heavy atom. The number of hydrogen-bond donors (Lipinski definition) is 2. The lowest BCUT2D eigenvalue weighted by atomic mass is 9.97. The minimum absolute atomic E-state index is 0.124. The quantitative estimate of drug-likeness (QED) is 0.886. The minimum Gasteiger partial charge on any atom is -0.506 e. The van der Waals surface area contributed by atoms with E-state index in [9.17, 15) is 5.11 Å². The molecule has 5 heteroatoms. The van der Waals surface area contributed by atoms with Crippen molar-refractivity contribution in [1.29, 1.82) is 5.26 Å². The topological polar surface area (TPSA) is 59.3 Å². The summed E-state index contributed by atoms with van der Waals surface area (Å²) in [7, 11) is 0. The Morgan fingerprint density at radius 3 is 2.75 bits per heavy atom. The maximum atomic E-state index is 10.4. The Hall–Kier alpha value is -1.09. The smallest absolute Gasteiger partial charge is 0.139 e. The highest BCUT2D eigenvalue weighted by Gasteiger charge is 2.26. The van der Waals surface area contributed by atoms with Crippen LogP contribution in [0.2, 0.25) is 0 Å². The molecule has 1 heterocycles. The number of nitriles is 1. The standard InChI is InChI=1S/C15H20BrN3O/c1-2-3-13(19-8-6-18-7-9-19)14-12(16)5-4-11(10-17)15(14)20/h4-5,13,18,20H,2-3,6-9H2,1H3/t13-/m1/s1. The van der Waals surface area contributed by atoms with Crippen LogP contribution in [0.4, 0.5) is 0 Å². The van der Waals surface area contributed by atoms with Gasteiger partial charge in [-0.15, -0.1) is 0 Å². The molecule has 0 bridgehead atoms. The van der Waals surface area contributed by atoms with E-state index in [-0.39, 0.29) is 11.8 Å². The van der Waals surface area contributed by atoms with Gasteiger partial charge in [0.15, 0.2) is 0 Å². The third-order valence-corrected chi connectivity index (χ3v) is 4.46. The van der Waals surface area contributed by atoms with E-state index >= 15 is 0 Å². The maximum Gasteiger partial charge on any atom is 0.139 e. The lowest BCUT2D eigenvalue weighted by Crippen LogP contribution is -2.45. The molecular weight excluding hydrogens is 318 g/mol. The zero-order valence-electron chi connectivity index (χ0n) is 11.7. The van der Waals surface area contributed by atoms with Crippen molar-refractivity contribution in [3.05, 3.63) is 27.7 Å². The molecule has 1 aliphatic rings. The molecule has 1 fully saturated rings. The first-order chi connectivity index (χ1) is 9.69. The monoisotopic (exact) mass is 337 g/mol. The molecule has 1 atom stereocenters. The van der Waals surface area contributed by atoms with Crippen LogP contribution >= 0.6 is 15.9 Å². The number of phenolic OH excluding ortho intramolecular Hbond substituents is 1. The molecule has 0 saturated carbocycles. The van der Waals surface area contributed by atoms with Crippen molar-refractivity contribution in [1.82, 2.24) is 10.2 Å². The van der Waals surface area contributed by atoms with E-state index in [0.717, 1.165) is 49.1 Å². The van der Waals surface area contributed by atoms with Crippen LogP contribution in [0.15, 0.2) is 16.6 Å². The van der Waals surface area contributed by atoms with Crippen molar-refractivity contribution in [2.24, 2.45) is 0 Å². The highest BCUT2D eigenvalue weighted by atomic mass is 79.9. The van der Waals surface area contributed by atoms with Gasteiger partial charge in [0.05, 0.1) is 5.56 Å². The predicted molar refractivity (Wildman–Crippen MR) is 82.6 cm³/mol. The predicted octanol–water partition coefficient (Wildman–Crippen LogP) is 2.77. The molecule has 0 radical (unpaired) electrons. The van der Waals surface area contributed by atoms with Gasteiger partial charge in [0, 0.05) is 42.3 Å². The number of piperazine rings is 1. The Bertz CT molecular complexity index is 507. The molecule has 0 unspecified atom stereocenters. The van der Waals surface area contributed by atoms with Gasteiger partial charge in [0.2, 0.25) is 0 Å². The van der Waals surface area contributed by atoms with E-state index in [1.165, 1.54) is 0 Å². The third kappa shape index (κ3) is 3.14. The summed E-state index contributed by atoms with van der Waals surface area (Å²) in [5.41, 5.74) is 1.20. The van der Waals surface area contributed by atoms with Crippen molar-refractivity contribution in [2.45, 2.75) is 25.8 Å². The first kappa shape index (κ1) is 15.3. The SMILES string of the molecule is CCC[C@H](c1c(Br)ccc(C#N)c1O)N1CCNCC1. The van der Waals surface area contributed by atoms with Crippen molar-refractivity contribution in [2.75, 3.05) is 26.2 Å². The normalized spacial score (nSPS) is 17.6. The summed E-state index contributed by atoms with van der Waals surface area (Å²) in [6.07, 6.45) is 2.01. The van der Waals surface area contributed by atoms with Crippen LogP contribution in [-0.2, 0) is 0 Å². The molecule has 2 rings (SSSR count). The summed E-state index contributed by atoms with van der Waals surface area (Å²) in [5.74, 6) is 0.124. The van der Waals surface area contributed by atoms with E-state index in [4.69, 9.17) is 5.26 Å². The number of nitrogens with zero attached hydrogens (tertiary/aromatic N) is 2. The van der Waals surface area contributed by atoms with Gasteiger partial charge < -0.3 is 10.4 Å². The van der Waals surface area contributed by atoms with Gasteiger partial charge in [-0.3, -0.25) is 4.90 Å². The van der Waals surface area contributed by atoms with Crippen molar-refractivity contribution in [3.63, 3.8) is 0 Å². The van der Waals surface area contributed by atoms with E-state index in [1.807, 2.05) is 6.07 Å². The maximum absolute atomic E-state index is 10.4. The van der Waals surface area contributed by atoms with Gasteiger partial charge in [-0.25, -0.2) is 0 Å². The summed E-state index contributed by atoms with van der Waals surface area (Å²) in [5, 5.41) is 22.9. The second-order valence-corrected chi connectivity index (χ2v) is 5.91. The van der Waals surface area contributed by atoms with E-state index < -0.39 is 0 Å². The van der Waals surface area contributed by atoms with E-state index in [1.54, 1.807) is 6.07 Å². The number of rotatable bonds is 4. The van der Waals surface area contributed by atoms with Gasteiger partial charge in [-0.05, 0) is 18.6 Å². The fourth-order valence-corrected chi connectivity index (χ4v) is 3.35. The minimum atomic E-state index is 0.124. The average Bonchev–Trinajstić information content (AvgIpc) is 2.47. The second kappa shape index (κ2) is 7.07. The zero-order valence-corrected chi connectivity index (χ0v) is 13.3. The summed E-state index contributed by atoms with van der Waals surface area (Å²) < 4.78 is 0.881. The molecule has 108 valence electrons. The Labute approximate surface area is 128 Å². The van der Waals surface area contributed by atoms with Gasteiger partial charge in [-0.1, -0.05) is 29.3 Å². The highest BCUT2D eigenvalue weighted by molar-refractivity contribution is 9.10. The first-order valence-corrected chi connectivity index (χ1v) is 7.84. The third-order valence-electron chi connectivity index (χ3n) is 3.77. The zero-order chi connectivity index (χ0) is 14.5. The molecule has 20 heavy (non-hydrogen) atoms. The Kier molecular flexibility index (Phi) is 5.41. The lowest BCUT2D eigenvalue weighted by Gasteiger charge is -2.36. The molecule has 4 nitrogen and oxygen atoms in total. The summed E-state index contributed by atoms with van der Waals surface area (Å²) in [6, 6.07) is 5.73. The molecular formula is C15H20BrN3O. The van der Waals surface area contributed by atoms with Gasteiger partial charge in [-0.2, -0.15) is 5.26 Å². The molecule has 2 N–H and O–H groups in total. The molecule has 0 aliphatic carbocycles. The number of nitrogens with one attached hydrogen (secondary N) is 1. The summed E-state index contributed by atoms with van der Waals surface area (Å²) in [4.78, 5) is 2.39. The molecule has 1 aromatic carbocycles. The largest absolute Gasteiger partial charge is 0.506 e. The van der Waals surface area contributed by atoms with Crippen LogP contribution in [0.1, 0.15) is 36.9 Å². The number of benzene rings is 1. The van der Waals surface area contributed by atoms with Gasteiger partial charge in [0.1, 0.15) is 11.8 Å². The number of hydrogen-bond acceptors (Lipinski definition) is 4. The average molecular weight is 338 g/mol. The molecule has 1 aromatic rings. The van der Waals surface area contributed by atoms with Crippen LogP contribution in [0.3, 0.4) is 0 Å². The number of halogens is 1.